The topological polar surface area (TPSA) is 252 Å². The van der Waals surface area contributed by atoms with Crippen molar-refractivity contribution in [1.82, 2.24) is 21.3 Å². The van der Waals surface area contributed by atoms with Crippen LogP contribution in [0, 0.1) is 11.8 Å². The highest BCUT2D eigenvalue weighted by atomic mass is 16.7. The number of amides is 1. The van der Waals surface area contributed by atoms with Crippen LogP contribution in [0.15, 0.2) is 11.8 Å². The van der Waals surface area contributed by atoms with Gasteiger partial charge in [0.25, 0.3) is 0 Å². The smallest absolute Gasteiger partial charge is 0.249 e. The number of carbonyl (C=O) groups is 1. The summed E-state index contributed by atoms with van der Waals surface area (Å²) in [6, 6.07) is -2.42. The average molecular weight is 616 g/mol. The molecule has 2 saturated heterocycles. The van der Waals surface area contributed by atoms with E-state index in [1.807, 2.05) is 6.08 Å². The van der Waals surface area contributed by atoms with Crippen LogP contribution in [0.3, 0.4) is 0 Å². The normalized spacial score (nSPS) is 42.6. The Bertz CT molecular complexity index is 939. The van der Waals surface area contributed by atoms with Gasteiger partial charge in [0.15, 0.2) is 6.29 Å². The number of aliphatic hydroxyl groups excluding tert-OH is 3. The lowest BCUT2D eigenvalue weighted by Gasteiger charge is -2.51. The molecule has 0 spiro atoms. The van der Waals surface area contributed by atoms with Gasteiger partial charge in [-0.2, -0.15) is 0 Å². The number of rotatable bonds is 12. The maximum absolute atomic E-state index is 12.8. The van der Waals surface area contributed by atoms with E-state index in [4.69, 9.17) is 31.4 Å². The summed E-state index contributed by atoms with van der Waals surface area (Å²) >= 11 is 0. The van der Waals surface area contributed by atoms with Crippen LogP contribution in [0.5, 0.6) is 0 Å². The van der Waals surface area contributed by atoms with Gasteiger partial charge < -0.3 is 73.1 Å². The molecule has 4 rings (SSSR count). The molecule has 0 radical (unpaired) electrons. The second-order valence-electron chi connectivity index (χ2n) is 12.6. The van der Waals surface area contributed by atoms with Crippen molar-refractivity contribution in [2.45, 2.75) is 99.2 Å². The maximum Gasteiger partial charge on any atom is 0.249 e. The van der Waals surface area contributed by atoms with Gasteiger partial charge in [-0.25, -0.2) is 0 Å². The number of carbonyl (C=O) groups excluding carboxylic acids is 1. The Morgan fingerprint density at radius 1 is 1.28 bits per heavy atom. The highest BCUT2D eigenvalue weighted by Gasteiger charge is 2.53. The lowest BCUT2D eigenvalue weighted by atomic mass is 9.72. The predicted molar refractivity (Wildman–Crippen MR) is 157 cm³/mol. The second kappa shape index (κ2) is 15.2. The monoisotopic (exact) mass is 615 g/mol. The van der Waals surface area contributed by atoms with Gasteiger partial charge in [-0.1, -0.05) is 0 Å². The molecule has 0 aromatic rings. The molecule has 0 bridgehead atoms. The number of ether oxygens (including phenoxy) is 3. The van der Waals surface area contributed by atoms with Crippen molar-refractivity contribution < 1.29 is 39.4 Å². The van der Waals surface area contributed by atoms with Crippen LogP contribution in [0.4, 0.5) is 0 Å². The Labute approximate surface area is 253 Å². The van der Waals surface area contributed by atoms with Gasteiger partial charge in [0.1, 0.15) is 35.8 Å². The lowest BCUT2D eigenvalue weighted by Crippen LogP contribution is -2.69. The minimum atomic E-state index is -1.38. The van der Waals surface area contributed by atoms with Crippen molar-refractivity contribution >= 4 is 5.91 Å². The minimum absolute atomic E-state index is 0.0542. The summed E-state index contributed by atoms with van der Waals surface area (Å²) in [6.07, 6.45) is -2.94. The molecule has 248 valence electrons. The molecule has 4 aliphatic rings. The fraction of sp³-hybridized carbons (Fsp3) is 0.893. The first-order valence-corrected chi connectivity index (χ1v) is 15.5. The predicted octanol–water partition coefficient (Wildman–Crippen LogP) is -4.47. The number of nitrogens with two attached hydrogens (primary N) is 3. The molecule has 3 heterocycles. The van der Waals surface area contributed by atoms with E-state index in [2.05, 4.69) is 21.3 Å². The van der Waals surface area contributed by atoms with E-state index in [1.54, 1.807) is 7.05 Å². The van der Waals surface area contributed by atoms with Crippen LogP contribution in [-0.2, 0) is 19.0 Å². The van der Waals surface area contributed by atoms with Gasteiger partial charge in [-0.15, -0.1) is 0 Å². The highest BCUT2D eigenvalue weighted by Crippen LogP contribution is 2.37. The Kier molecular flexibility index (Phi) is 12.2. The molecule has 13 atom stereocenters. The van der Waals surface area contributed by atoms with Crippen molar-refractivity contribution in [1.29, 1.82) is 0 Å². The van der Waals surface area contributed by atoms with Gasteiger partial charge in [-0.3, -0.25) is 4.79 Å². The Hall–Kier alpha value is -1.47. The van der Waals surface area contributed by atoms with Gasteiger partial charge in [0.2, 0.25) is 5.91 Å². The van der Waals surface area contributed by atoms with Crippen molar-refractivity contribution in [2.24, 2.45) is 29.0 Å². The number of hydrogen-bond donors (Lipinski definition) is 11. The SMILES string of the molecule is CN[C@@H]1[C@@H](O)[C@@H](O[C@H]2[C@H](NC(=O)[C@@H](O)CCN)C[C@H](N)C([C@H]3OC(CN)=CC[C@H]3NCC3CCNC3)[C@@H]2O)OC[C@]1(C)O. The van der Waals surface area contributed by atoms with Gasteiger partial charge in [-0.05, 0) is 77.8 Å². The van der Waals surface area contributed by atoms with Crippen molar-refractivity contribution in [3.63, 3.8) is 0 Å². The molecule has 15 heteroatoms. The van der Waals surface area contributed by atoms with Crippen molar-refractivity contribution in [2.75, 3.05) is 46.4 Å². The molecular weight excluding hydrogens is 562 g/mol. The molecule has 1 amide bonds. The first-order chi connectivity index (χ1) is 20.5. The molecule has 14 N–H and O–H groups in total. The Morgan fingerprint density at radius 2 is 2.05 bits per heavy atom. The van der Waals surface area contributed by atoms with Crippen LogP contribution in [0.1, 0.15) is 32.6 Å². The Morgan fingerprint density at radius 3 is 2.70 bits per heavy atom. The van der Waals surface area contributed by atoms with Crippen molar-refractivity contribution in [3.05, 3.63) is 11.8 Å². The zero-order chi connectivity index (χ0) is 31.3. The largest absolute Gasteiger partial charge is 0.492 e. The summed E-state index contributed by atoms with van der Waals surface area (Å²) in [4.78, 5) is 12.8. The summed E-state index contributed by atoms with van der Waals surface area (Å²) < 4.78 is 18.3. The van der Waals surface area contributed by atoms with E-state index in [-0.39, 0.29) is 38.6 Å². The second-order valence-corrected chi connectivity index (χ2v) is 12.6. The quantitative estimate of drug-likeness (QED) is 0.0991. The van der Waals surface area contributed by atoms with Crippen LogP contribution < -0.4 is 38.5 Å². The first-order valence-electron chi connectivity index (χ1n) is 15.5. The van der Waals surface area contributed by atoms with Gasteiger partial charge >= 0.3 is 0 Å². The van der Waals surface area contributed by atoms with E-state index >= 15 is 0 Å². The third-order valence-corrected chi connectivity index (χ3v) is 9.35. The van der Waals surface area contributed by atoms with E-state index in [0.29, 0.717) is 18.1 Å². The average Bonchev–Trinajstić information content (AvgIpc) is 3.49. The summed E-state index contributed by atoms with van der Waals surface area (Å²) in [7, 11) is 1.61. The fourth-order valence-electron chi connectivity index (χ4n) is 6.92. The van der Waals surface area contributed by atoms with E-state index in [1.165, 1.54) is 6.92 Å². The maximum atomic E-state index is 12.8. The summed E-state index contributed by atoms with van der Waals surface area (Å²) in [5.41, 5.74) is 16.8. The zero-order valence-corrected chi connectivity index (χ0v) is 25.2. The standard InChI is InChI=1S/C28H53N7O8/c1-28(40)13-41-27(22(38)25(28)32-2)43-24-18(35-26(39)19(36)5-7-29)9-16(31)20(21(24)37)23-17(4-3-15(10-30)42-23)34-12-14-6-8-33-11-14/h3,14,16-25,27,32-34,36-38,40H,4-13,29-31H2,1-2H3,(H,35,39)/t14?,16-,17+,18+,19-,20?,21-,22+,23-,24-,25+,27+,28-/m0/s1. The Balaban J connectivity index is 1.59. The molecule has 3 aliphatic heterocycles. The van der Waals surface area contributed by atoms with Crippen molar-refractivity contribution in [3.8, 4) is 0 Å². The van der Waals surface area contributed by atoms with Gasteiger partial charge in [0, 0.05) is 18.0 Å². The third-order valence-electron chi connectivity index (χ3n) is 9.35. The fourth-order valence-corrected chi connectivity index (χ4v) is 6.92. The number of likely N-dealkylation sites (N-methyl/N-ethyl adjacent to an activating group) is 1. The van der Waals surface area contributed by atoms with E-state index in [9.17, 15) is 25.2 Å². The first kappa shape index (κ1) is 34.4. The lowest BCUT2D eigenvalue weighted by molar-refractivity contribution is -0.297. The molecule has 43 heavy (non-hydrogen) atoms. The number of nitrogens with one attached hydrogen (secondary N) is 4. The molecule has 0 aromatic carbocycles. The number of aliphatic hydroxyl groups is 4. The van der Waals surface area contributed by atoms with E-state index in [0.717, 1.165) is 26.1 Å². The minimum Gasteiger partial charge on any atom is -0.492 e. The summed E-state index contributed by atoms with van der Waals surface area (Å²) in [6.45, 7) is 4.38. The van der Waals surface area contributed by atoms with Crippen LogP contribution in [0.25, 0.3) is 0 Å². The number of hydrogen-bond acceptors (Lipinski definition) is 14. The van der Waals surface area contributed by atoms with Gasteiger partial charge in [0.05, 0.1) is 31.3 Å². The molecule has 15 nitrogen and oxygen atoms in total. The zero-order valence-electron chi connectivity index (χ0n) is 25.2. The molecule has 3 fully saturated rings. The van der Waals surface area contributed by atoms with Crippen LogP contribution >= 0.6 is 0 Å². The molecule has 1 saturated carbocycles. The van der Waals surface area contributed by atoms with Crippen LogP contribution in [-0.4, -0.2) is 139 Å². The third kappa shape index (κ3) is 8.04. The van der Waals surface area contributed by atoms with Crippen LogP contribution in [0.2, 0.25) is 0 Å². The molecule has 1 aliphatic carbocycles. The molecular formula is C28H53N7O8. The highest BCUT2D eigenvalue weighted by molar-refractivity contribution is 5.80. The summed E-state index contributed by atoms with van der Waals surface area (Å²) in [5, 5.41) is 56.7. The molecule has 2 unspecified atom stereocenters. The molecule has 0 aromatic heterocycles. The summed E-state index contributed by atoms with van der Waals surface area (Å²) in [5.74, 6) is -0.239. The van der Waals surface area contributed by atoms with E-state index < -0.39 is 72.4 Å².